The van der Waals surface area contributed by atoms with Gasteiger partial charge in [-0.3, -0.25) is 9.69 Å². The van der Waals surface area contributed by atoms with Crippen molar-refractivity contribution in [2.24, 2.45) is 4.99 Å². The molecule has 0 aromatic heterocycles. The summed E-state index contributed by atoms with van der Waals surface area (Å²) in [6, 6.07) is 24.1. The van der Waals surface area contributed by atoms with E-state index < -0.39 is 0 Å². The van der Waals surface area contributed by atoms with Gasteiger partial charge in [0.05, 0.1) is 16.3 Å². The van der Waals surface area contributed by atoms with Crippen molar-refractivity contribution in [3.63, 3.8) is 0 Å². The second-order valence-corrected chi connectivity index (χ2v) is 11.1. The van der Waals surface area contributed by atoms with Gasteiger partial charge in [0.25, 0.3) is 5.91 Å². The molecule has 1 atom stereocenters. The molecule has 0 bridgehead atoms. The number of thioether (sulfide) groups is 1. The summed E-state index contributed by atoms with van der Waals surface area (Å²) in [5.74, 6) is 0.413. The van der Waals surface area contributed by atoms with Crippen molar-refractivity contribution in [1.82, 2.24) is 0 Å². The van der Waals surface area contributed by atoms with Crippen LogP contribution in [0, 0.1) is 6.92 Å². The molecule has 1 fully saturated rings. The molecule has 3 aromatic rings. The number of benzene rings is 3. The highest BCUT2D eigenvalue weighted by Gasteiger charge is 2.36. The largest absolute Gasteiger partial charge is 0.369 e. The summed E-state index contributed by atoms with van der Waals surface area (Å²) < 4.78 is 0. The van der Waals surface area contributed by atoms with Gasteiger partial charge in [-0.25, -0.2) is 4.99 Å². The van der Waals surface area contributed by atoms with E-state index in [4.69, 9.17) is 4.99 Å². The fourth-order valence-corrected chi connectivity index (χ4v) is 5.99. The molecule has 2 aliphatic heterocycles. The maximum atomic E-state index is 13.7. The van der Waals surface area contributed by atoms with Crippen molar-refractivity contribution in [2.45, 2.75) is 45.6 Å². The number of rotatable bonds is 3. The minimum atomic E-state index is -0.0423. The van der Waals surface area contributed by atoms with Gasteiger partial charge in [-0.2, -0.15) is 0 Å². The normalized spacial score (nSPS) is 21.6. The topological polar surface area (TPSA) is 35.9 Å². The molecule has 35 heavy (non-hydrogen) atoms. The average molecular weight is 482 g/mol. The fourth-order valence-electron chi connectivity index (χ4n) is 5.00. The summed E-state index contributed by atoms with van der Waals surface area (Å²) in [5, 5.41) is 0.670. The van der Waals surface area contributed by atoms with Gasteiger partial charge in [-0.1, -0.05) is 43.3 Å². The lowest BCUT2D eigenvalue weighted by Gasteiger charge is -2.45. The number of hydrogen-bond acceptors (Lipinski definition) is 4. The third kappa shape index (κ3) is 4.41. The second-order valence-electron chi connectivity index (χ2n) is 10.1. The van der Waals surface area contributed by atoms with Gasteiger partial charge in [0.2, 0.25) is 0 Å². The Balaban J connectivity index is 1.57. The first kappa shape index (κ1) is 23.4. The molecule has 2 heterocycles. The lowest BCUT2D eigenvalue weighted by molar-refractivity contribution is -0.113. The summed E-state index contributed by atoms with van der Waals surface area (Å²) in [6.07, 6.45) is 3.14. The quantitative estimate of drug-likeness (QED) is 0.363. The summed E-state index contributed by atoms with van der Waals surface area (Å²) >= 11 is 1.44. The number of carbonyl (C=O) groups is 1. The molecular formula is C30H31N3OS. The van der Waals surface area contributed by atoms with Crippen molar-refractivity contribution in [2.75, 3.05) is 16.8 Å². The summed E-state index contributed by atoms with van der Waals surface area (Å²) in [4.78, 5) is 23.3. The molecule has 5 heteroatoms. The Morgan fingerprint density at radius 2 is 1.69 bits per heavy atom. The van der Waals surface area contributed by atoms with Crippen LogP contribution in [0.4, 0.5) is 17.1 Å². The van der Waals surface area contributed by atoms with E-state index in [1.807, 2.05) is 66.7 Å². The molecule has 5 rings (SSSR count). The van der Waals surface area contributed by atoms with Gasteiger partial charge in [-0.15, -0.1) is 0 Å². The predicted octanol–water partition coefficient (Wildman–Crippen LogP) is 7.53. The van der Waals surface area contributed by atoms with Gasteiger partial charge in [0.15, 0.2) is 5.17 Å². The van der Waals surface area contributed by atoms with Crippen LogP contribution in [-0.4, -0.2) is 23.7 Å². The number of amides is 1. The van der Waals surface area contributed by atoms with Crippen molar-refractivity contribution >= 4 is 46.0 Å². The van der Waals surface area contributed by atoms with Crippen molar-refractivity contribution in [1.29, 1.82) is 0 Å². The van der Waals surface area contributed by atoms with E-state index in [0.717, 1.165) is 23.4 Å². The number of anilines is 2. The van der Waals surface area contributed by atoms with E-state index in [9.17, 15) is 4.79 Å². The lowest BCUT2D eigenvalue weighted by Crippen LogP contribution is -2.45. The number of fused-ring (bicyclic) bond motifs is 1. The van der Waals surface area contributed by atoms with Gasteiger partial charge in [-0.05, 0) is 104 Å². The predicted molar refractivity (Wildman–Crippen MR) is 150 cm³/mol. The van der Waals surface area contributed by atoms with Crippen molar-refractivity contribution < 1.29 is 4.79 Å². The number of nitrogens with zero attached hydrogens (tertiary/aromatic N) is 3. The van der Waals surface area contributed by atoms with E-state index >= 15 is 0 Å². The minimum absolute atomic E-state index is 0.0423. The highest BCUT2D eigenvalue weighted by atomic mass is 32.2. The Kier molecular flexibility index (Phi) is 6.06. The van der Waals surface area contributed by atoms with Crippen LogP contribution in [0.15, 0.2) is 82.7 Å². The van der Waals surface area contributed by atoms with E-state index in [2.05, 4.69) is 51.8 Å². The fraction of sp³-hybridized carbons (Fsp3) is 0.267. The zero-order chi connectivity index (χ0) is 24.7. The number of carbonyl (C=O) groups excluding carboxylic acids is 1. The van der Waals surface area contributed by atoms with Gasteiger partial charge in [0, 0.05) is 18.3 Å². The third-order valence-corrected chi connectivity index (χ3v) is 8.08. The Morgan fingerprint density at radius 1 is 1.03 bits per heavy atom. The molecular weight excluding hydrogens is 450 g/mol. The minimum Gasteiger partial charge on any atom is -0.369 e. The first-order valence-electron chi connectivity index (χ1n) is 12.1. The smallest absolute Gasteiger partial charge is 0.271 e. The Hall–Kier alpha value is -3.31. The molecule has 0 saturated carbocycles. The molecule has 0 radical (unpaired) electrons. The number of para-hydroxylation sites is 2. The Bertz CT molecular complexity index is 1330. The number of hydrogen-bond donors (Lipinski definition) is 0. The van der Waals surface area contributed by atoms with E-state index in [0.29, 0.717) is 16.0 Å². The van der Waals surface area contributed by atoms with Gasteiger partial charge < -0.3 is 4.90 Å². The molecule has 0 N–H and O–H groups in total. The molecule has 1 amide bonds. The van der Waals surface area contributed by atoms with Gasteiger partial charge in [0.1, 0.15) is 0 Å². The van der Waals surface area contributed by atoms with Crippen LogP contribution >= 0.6 is 11.8 Å². The van der Waals surface area contributed by atoms with Crippen LogP contribution in [0.1, 0.15) is 49.8 Å². The number of aliphatic imine (C=N–C) groups is 1. The molecule has 1 saturated heterocycles. The van der Waals surface area contributed by atoms with Crippen LogP contribution < -0.4 is 9.80 Å². The third-order valence-electron chi connectivity index (χ3n) is 7.11. The van der Waals surface area contributed by atoms with Crippen LogP contribution in [0.25, 0.3) is 6.08 Å². The van der Waals surface area contributed by atoms with Crippen LogP contribution in [0.3, 0.4) is 0 Å². The summed E-state index contributed by atoms with van der Waals surface area (Å²) in [6.45, 7) is 9.04. The monoisotopic (exact) mass is 481 g/mol. The maximum absolute atomic E-state index is 13.7. The standard InChI is InChI=1S/C30H31N3OS/c1-20-16-26-25(21(2)19-30(3,4)32(26)5)17-22(20)18-27-28(34)33(24-14-10-7-11-15-24)29(35-27)31-23-12-8-6-9-13-23/h6-18,21H,19H2,1-5H3/b27-18-,31-29?/t21-/m1/s1. The molecule has 0 spiro atoms. The average Bonchev–Trinajstić information content (AvgIpc) is 3.14. The zero-order valence-corrected chi connectivity index (χ0v) is 21.8. The number of amidine groups is 1. The zero-order valence-electron chi connectivity index (χ0n) is 20.9. The van der Waals surface area contributed by atoms with Crippen LogP contribution in [0.5, 0.6) is 0 Å². The maximum Gasteiger partial charge on any atom is 0.271 e. The molecule has 0 unspecified atom stereocenters. The highest BCUT2D eigenvalue weighted by Crippen LogP contribution is 2.44. The van der Waals surface area contributed by atoms with E-state index in [-0.39, 0.29) is 11.4 Å². The van der Waals surface area contributed by atoms with Crippen LogP contribution in [0.2, 0.25) is 0 Å². The van der Waals surface area contributed by atoms with E-state index in [1.165, 1.54) is 28.6 Å². The second kappa shape index (κ2) is 9.04. The highest BCUT2D eigenvalue weighted by molar-refractivity contribution is 8.19. The molecule has 178 valence electrons. The first-order chi connectivity index (χ1) is 16.7. The van der Waals surface area contributed by atoms with Gasteiger partial charge >= 0.3 is 0 Å². The number of aryl methyl sites for hydroxylation is 1. The summed E-state index contributed by atoms with van der Waals surface area (Å²) in [7, 11) is 2.18. The molecule has 2 aliphatic rings. The molecule has 4 nitrogen and oxygen atoms in total. The van der Waals surface area contributed by atoms with Crippen LogP contribution in [-0.2, 0) is 4.79 Å². The molecule has 3 aromatic carbocycles. The van der Waals surface area contributed by atoms with Crippen molar-refractivity contribution in [3.05, 3.63) is 94.4 Å². The molecule has 0 aliphatic carbocycles. The Labute approximate surface area is 212 Å². The SMILES string of the molecule is Cc1cc2c(cc1/C=C1\SC(=Nc3ccccc3)N(c3ccccc3)C1=O)[C@H](C)CC(C)(C)N2C. The Morgan fingerprint density at radius 3 is 2.37 bits per heavy atom. The first-order valence-corrected chi connectivity index (χ1v) is 12.9. The summed E-state index contributed by atoms with van der Waals surface area (Å²) in [5.41, 5.74) is 6.66. The lowest BCUT2D eigenvalue weighted by atomic mass is 9.79. The van der Waals surface area contributed by atoms with Crippen molar-refractivity contribution in [3.8, 4) is 0 Å². The van der Waals surface area contributed by atoms with E-state index in [1.54, 1.807) is 4.90 Å².